The molecule has 0 unspecified atom stereocenters. The normalized spacial score (nSPS) is 10.2. The van der Waals surface area contributed by atoms with Crippen LogP contribution >= 0.6 is 11.6 Å². The van der Waals surface area contributed by atoms with Gasteiger partial charge >= 0.3 is 0 Å². The van der Waals surface area contributed by atoms with Gasteiger partial charge in [0.25, 0.3) is 5.91 Å². The van der Waals surface area contributed by atoms with E-state index in [-0.39, 0.29) is 12.5 Å². The van der Waals surface area contributed by atoms with Crippen LogP contribution in [0.4, 0.5) is 5.69 Å². The fourth-order valence-corrected chi connectivity index (χ4v) is 1.96. The number of ether oxygens (including phenoxy) is 1. The van der Waals surface area contributed by atoms with Crippen LogP contribution in [0.1, 0.15) is 11.1 Å². The highest BCUT2D eigenvalue weighted by Crippen LogP contribution is 2.19. The summed E-state index contributed by atoms with van der Waals surface area (Å²) >= 11 is 5.87. The van der Waals surface area contributed by atoms with Gasteiger partial charge < -0.3 is 10.1 Å². The Morgan fingerprint density at radius 1 is 1.15 bits per heavy atom. The quantitative estimate of drug-likeness (QED) is 0.925. The number of aryl methyl sites for hydroxylation is 2. The van der Waals surface area contributed by atoms with Gasteiger partial charge in [-0.25, -0.2) is 0 Å². The zero-order valence-corrected chi connectivity index (χ0v) is 12.2. The first-order valence-corrected chi connectivity index (χ1v) is 6.68. The standard InChI is InChI=1S/C16H16ClNO2/c1-11-3-6-14(7-4-11)20-10-16(19)18-15-8-5-13(17)9-12(15)2/h3-9H,10H2,1-2H3,(H,18,19). The highest BCUT2D eigenvalue weighted by Gasteiger charge is 2.06. The summed E-state index contributed by atoms with van der Waals surface area (Å²) in [6, 6.07) is 12.9. The predicted molar refractivity (Wildman–Crippen MR) is 81.5 cm³/mol. The van der Waals surface area contributed by atoms with Crippen molar-refractivity contribution < 1.29 is 9.53 Å². The lowest BCUT2D eigenvalue weighted by atomic mass is 10.2. The third-order valence-corrected chi connectivity index (χ3v) is 3.09. The first kappa shape index (κ1) is 14.4. The van der Waals surface area contributed by atoms with Crippen LogP contribution in [0.25, 0.3) is 0 Å². The molecule has 0 fully saturated rings. The largest absolute Gasteiger partial charge is 0.484 e. The molecule has 2 aromatic rings. The number of amides is 1. The van der Waals surface area contributed by atoms with Gasteiger partial charge in [-0.1, -0.05) is 29.3 Å². The number of hydrogen-bond acceptors (Lipinski definition) is 2. The topological polar surface area (TPSA) is 38.3 Å². The van der Waals surface area contributed by atoms with E-state index in [0.29, 0.717) is 10.8 Å². The lowest BCUT2D eigenvalue weighted by Gasteiger charge is -2.10. The number of rotatable bonds is 4. The van der Waals surface area contributed by atoms with E-state index in [0.717, 1.165) is 16.8 Å². The number of carbonyl (C=O) groups excluding carboxylic acids is 1. The Balaban J connectivity index is 1.90. The third-order valence-electron chi connectivity index (χ3n) is 2.85. The van der Waals surface area contributed by atoms with Crippen molar-refractivity contribution in [2.75, 3.05) is 11.9 Å². The second-order valence-corrected chi connectivity index (χ2v) is 5.05. The molecule has 0 bridgehead atoms. The van der Waals surface area contributed by atoms with Gasteiger partial charge in [0, 0.05) is 10.7 Å². The van der Waals surface area contributed by atoms with Gasteiger partial charge in [0.05, 0.1) is 0 Å². The first-order valence-electron chi connectivity index (χ1n) is 6.30. The van der Waals surface area contributed by atoms with Gasteiger partial charge in [0.2, 0.25) is 0 Å². The average Bonchev–Trinajstić information content (AvgIpc) is 2.41. The number of hydrogen-bond donors (Lipinski definition) is 1. The van der Waals surface area contributed by atoms with Crippen LogP contribution in [0.5, 0.6) is 5.75 Å². The maximum atomic E-state index is 11.8. The van der Waals surface area contributed by atoms with Crippen molar-refractivity contribution in [3.63, 3.8) is 0 Å². The summed E-state index contributed by atoms with van der Waals surface area (Å²) in [5, 5.41) is 3.45. The molecule has 0 radical (unpaired) electrons. The fourth-order valence-electron chi connectivity index (χ4n) is 1.74. The van der Waals surface area contributed by atoms with Crippen molar-refractivity contribution >= 4 is 23.2 Å². The molecule has 1 amide bonds. The van der Waals surface area contributed by atoms with Crippen LogP contribution in [-0.4, -0.2) is 12.5 Å². The number of halogens is 1. The van der Waals surface area contributed by atoms with Gasteiger partial charge in [-0.05, 0) is 49.7 Å². The van der Waals surface area contributed by atoms with E-state index < -0.39 is 0 Å². The van der Waals surface area contributed by atoms with E-state index in [1.165, 1.54) is 0 Å². The Labute approximate surface area is 123 Å². The molecule has 20 heavy (non-hydrogen) atoms. The van der Waals surface area contributed by atoms with Crippen molar-refractivity contribution in [1.82, 2.24) is 0 Å². The monoisotopic (exact) mass is 289 g/mol. The molecular weight excluding hydrogens is 274 g/mol. The van der Waals surface area contributed by atoms with Crippen molar-refractivity contribution in [3.05, 3.63) is 58.6 Å². The van der Waals surface area contributed by atoms with Crippen molar-refractivity contribution in [3.8, 4) is 5.75 Å². The summed E-state index contributed by atoms with van der Waals surface area (Å²) in [4.78, 5) is 11.8. The molecule has 0 aliphatic heterocycles. The maximum absolute atomic E-state index is 11.8. The van der Waals surface area contributed by atoms with Crippen LogP contribution in [0.2, 0.25) is 5.02 Å². The smallest absolute Gasteiger partial charge is 0.262 e. The van der Waals surface area contributed by atoms with E-state index in [9.17, 15) is 4.79 Å². The lowest BCUT2D eigenvalue weighted by Crippen LogP contribution is -2.20. The average molecular weight is 290 g/mol. The second kappa shape index (κ2) is 6.44. The first-order chi connectivity index (χ1) is 9.54. The molecule has 2 rings (SSSR count). The molecular formula is C16H16ClNO2. The summed E-state index contributed by atoms with van der Waals surface area (Å²) in [6.07, 6.45) is 0. The maximum Gasteiger partial charge on any atom is 0.262 e. The van der Waals surface area contributed by atoms with E-state index in [1.807, 2.05) is 38.1 Å². The number of nitrogens with one attached hydrogen (secondary N) is 1. The van der Waals surface area contributed by atoms with E-state index in [1.54, 1.807) is 18.2 Å². The molecule has 0 saturated heterocycles. The molecule has 0 atom stereocenters. The van der Waals surface area contributed by atoms with Crippen molar-refractivity contribution in [1.29, 1.82) is 0 Å². The Hall–Kier alpha value is -2.00. The lowest BCUT2D eigenvalue weighted by molar-refractivity contribution is -0.118. The van der Waals surface area contributed by atoms with Crippen LogP contribution in [-0.2, 0) is 4.79 Å². The Kier molecular flexibility index (Phi) is 4.64. The van der Waals surface area contributed by atoms with Crippen molar-refractivity contribution in [2.24, 2.45) is 0 Å². The summed E-state index contributed by atoms with van der Waals surface area (Å²) in [5.74, 6) is 0.481. The highest BCUT2D eigenvalue weighted by atomic mass is 35.5. The van der Waals surface area contributed by atoms with Gasteiger partial charge in [-0.2, -0.15) is 0 Å². The zero-order valence-electron chi connectivity index (χ0n) is 11.4. The molecule has 0 aromatic heterocycles. The Morgan fingerprint density at radius 3 is 2.50 bits per heavy atom. The molecule has 104 valence electrons. The predicted octanol–water partition coefficient (Wildman–Crippen LogP) is 3.97. The number of carbonyl (C=O) groups is 1. The SMILES string of the molecule is Cc1ccc(OCC(=O)Nc2ccc(Cl)cc2C)cc1. The van der Waals surface area contributed by atoms with E-state index in [4.69, 9.17) is 16.3 Å². The molecule has 4 heteroatoms. The molecule has 0 spiro atoms. The summed E-state index contributed by atoms with van der Waals surface area (Å²) in [6.45, 7) is 3.87. The zero-order chi connectivity index (χ0) is 14.5. The van der Waals surface area contributed by atoms with Crippen LogP contribution in [0.15, 0.2) is 42.5 Å². The van der Waals surface area contributed by atoms with Gasteiger partial charge in [0.1, 0.15) is 5.75 Å². The number of anilines is 1. The Bertz CT molecular complexity index is 608. The number of benzene rings is 2. The Morgan fingerprint density at radius 2 is 1.85 bits per heavy atom. The minimum Gasteiger partial charge on any atom is -0.484 e. The fraction of sp³-hybridized carbons (Fsp3) is 0.188. The minimum atomic E-state index is -0.198. The van der Waals surface area contributed by atoms with E-state index in [2.05, 4.69) is 5.32 Å². The van der Waals surface area contributed by atoms with Crippen LogP contribution in [0, 0.1) is 13.8 Å². The van der Waals surface area contributed by atoms with Gasteiger partial charge in [-0.15, -0.1) is 0 Å². The van der Waals surface area contributed by atoms with Gasteiger partial charge in [-0.3, -0.25) is 4.79 Å². The second-order valence-electron chi connectivity index (χ2n) is 4.61. The summed E-state index contributed by atoms with van der Waals surface area (Å²) in [7, 11) is 0. The van der Waals surface area contributed by atoms with Crippen LogP contribution in [0.3, 0.4) is 0 Å². The summed E-state index contributed by atoms with van der Waals surface area (Å²) in [5.41, 5.74) is 2.81. The molecule has 0 heterocycles. The molecule has 1 N–H and O–H groups in total. The molecule has 2 aromatic carbocycles. The van der Waals surface area contributed by atoms with E-state index >= 15 is 0 Å². The molecule has 0 saturated carbocycles. The van der Waals surface area contributed by atoms with Crippen LogP contribution < -0.4 is 10.1 Å². The molecule has 0 aliphatic rings. The van der Waals surface area contributed by atoms with Crippen molar-refractivity contribution in [2.45, 2.75) is 13.8 Å². The third kappa shape index (κ3) is 4.00. The van der Waals surface area contributed by atoms with Gasteiger partial charge in [0.15, 0.2) is 6.61 Å². The molecule has 3 nitrogen and oxygen atoms in total. The summed E-state index contributed by atoms with van der Waals surface area (Å²) < 4.78 is 5.42. The highest BCUT2D eigenvalue weighted by molar-refractivity contribution is 6.30. The molecule has 0 aliphatic carbocycles. The minimum absolute atomic E-state index is 0.0227.